The van der Waals surface area contributed by atoms with Gasteiger partial charge in [-0.2, -0.15) is 0 Å². The van der Waals surface area contributed by atoms with Crippen LogP contribution in [0.1, 0.15) is 72.1 Å². The summed E-state index contributed by atoms with van der Waals surface area (Å²) in [7, 11) is 0. The molecule has 0 fully saturated rings. The van der Waals surface area contributed by atoms with Crippen LogP contribution in [0.4, 0.5) is 4.39 Å². The van der Waals surface area contributed by atoms with Gasteiger partial charge in [-0.15, -0.1) is 0 Å². The molecule has 16 heavy (non-hydrogen) atoms. The first-order valence-corrected chi connectivity index (χ1v) is 6.93. The van der Waals surface area contributed by atoms with Crippen molar-refractivity contribution in [2.45, 2.75) is 77.7 Å². The molecule has 0 amide bonds. The molecule has 0 saturated carbocycles. The second-order valence-electron chi connectivity index (χ2n) is 5.42. The minimum Gasteiger partial charge on any atom is -0.309 e. The van der Waals surface area contributed by atoms with Gasteiger partial charge in [-0.05, 0) is 26.8 Å². The van der Waals surface area contributed by atoms with Gasteiger partial charge >= 0.3 is 0 Å². The molecule has 0 saturated heterocycles. The standard InChI is InChI=1S/C14H30FN/c1-4-5-6-7-8-9-10-11-12-16-14(2,3)13-15/h16H,4-13H2,1-3H3. The first-order chi connectivity index (χ1) is 7.62. The van der Waals surface area contributed by atoms with Crippen molar-refractivity contribution in [1.29, 1.82) is 0 Å². The van der Waals surface area contributed by atoms with Crippen LogP contribution in [0.2, 0.25) is 0 Å². The normalized spacial score (nSPS) is 12.0. The SMILES string of the molecule is CCCCCCCCCCNC(C)(C)CF. The molecule has 0 atom stereocenters. The summed E-state index contributed by atoms with van der Waals surface area (Å²) < 4.78 is 12.5. The van der Waals surface area contributed by atoms with Crippen molar-refractivity contribution >= 4 is 0 Å². The quantitative estimate of drug-likeness (QED) is 0.517. The van der Waals surface area contributed by atoms with E-state index in [1.165, 1.54) is 51.4 Å². The largest absolute Gasteiger partial charge is 0.309 e. The van der Waals surface area contributed by atoms with E-state index in [0.717, 1.165) is 6.54 Å². The molecule has 0 unspecified atom stereocenters. The summed E-state index contributed by atoms with van der Waals surface area (Å²) in [6.07, 6.45) is 10.6. The number of rotatable bonds is 11. The van der Waals surface area contributed by atoms with Crippen LogP contribution in [0.3, 0.4) is 0 Å². The first kappa shape index (κ1) is 15.9. The molecule has 1 nitrogen and oxygen atoms in total. The zero-order valence-corrected chi connectivity index (χ0v) is 11.4. The first-order valence-electron chi connectivity index (χ1n) is 6.93. The van der Waals surface area contributed by atoms with Crippen LogP contribution in [-0.4, -0.2) is 18.8 Å². The molecule has 0 aromatic carbocycles. The lowest BCUT2D eigenvalue weighted by atomic mass is 10.1. The molecular formula is C14H30FN. The fourth-order valence-electron chi connectivity index (χ4n) is 1.73. The molecule has 0 aliphatic heterocycles. The number of hydrogen-bond donors (Lipinski definition) is 1. The zero-order chi connectivity index (χ0) is 12.3. The maximum atomic E-state index is 12.5. The summed E-state index contributed by atoms with van der Waals surface area (Å²) in [4.78, 5) is 0. The molecular weight excluding hydrogens is 201 g/mol. The van der Waals surface area contributed by atoms with Crippen molar-refractivity contribution in [3.63, 3.8) is 0 Å². The highest BCUT2D eigenvalue weighted by Crippen LogP contribution is 2.08. The van der Waals surface area contributed by atoms with E-state index in [0.29, 0.717) is 0 Å². The molecule has 2 heteroatoms. The summed E-state index contributed by atoms with van der Waals surface area (Å²) in [5.74, 6) is 0. The molecule has 98 valence electrons. The Hall–Kier alpha value is -0.110. The fraction of sp³-hybridized carbons (Fsp3) is 1.00. The van der Waals surface area contributed by atoms with Crippen LogP contribution in [0.5, 0.6) is 0 Å². The van der Waals surface area contributed by atoms with Crippen molar-refractivity contribution in [2.75, 3.05) is 13.2 Å². The predicted octanol–water partition coefficient (Wildman–Crippen LogP) is 4.46. The second kappa shape index (κ2) is 10.1. The van der Waals surface area contributed by atoms with Crippen LogP contribution in [0.25, 0.3) is 0 Å². The highest BCUT2D eigenvalue weighted by atomic mass is 19.1. The third-order valence-corrected chi connectivity index (χ3v) is 2.97. The van der Waals surface area contributed by atoms with Gasteiger partial charge < -0.3 is 5.32 Å². The molecule has 0 aliphatic rings. The molecule has 0 heterocycles. The van der Waals surface area contributed by atoms with Gasteiger partial charge in [-0.3, -0.25) is 0 Å². The third kappa shape index (κ3) is 10.4. The number of halogens is 1. The average molecular weight is 231 g/mol. The number of unbranched alkanes of at least 4 members (excludes halogenated alkanes) is 7. The Kier molecular flexibility index (Phi) is 10.0. The zero-order valence-electron chi connectivity index (χ0n) is 11.4. The molecule has 0 bridgehead atoms. The summed E-state index contributed by atoms with van der Waals surface area (Å²) >= 11 is 0. The summed E-state index contributed by atoms with van der Waals surface area (Å²) in [6.45, 7) is 6.74. The van der Waals surface area contributed by atoms with E-state index in [1.807, 2.05) is 13.8 Å². The van der Waals surface area contributed by atoms with Gasteiger partial charge in [-0.1, -0.05) is 51.9 Å². The number of nitrogens with one attached hydrogen (secondary N) is 1. The van der Waals surface area contributed by atoms with Crippen LogP contribution in [0.15, 0.2) is 0 Å². The van der Waals surface area contributed by atoms with Gasteiger partial charge in [0.25, 0.3) is 0 Å². The Morgan fingerprint density at radius 2 is 1.38 bits per heavy atom. The Bertz CT molecular complexity index is 146. The van der Waals surface area contributed by atoms with E-state index in [4.69, 9.17) is 0 Å². The maximum absolute atomic E-state index is 12.5. The van der Waals surface area contributed by atoms with E-state index in [-0.39, 0.29) is 12.2 Å². The monoisotopic (exact) mass is 231 g/mol. The Balaban J connectivity index is 3.10. The molecule has 0 rings (SSSR count). The fourth-order valence-corrected chi connectivity index (χ4v) is 1.73. The smallest absolute Gasteiger partial charge is 0.107 e. The molecule has 0 aromatic heterocycles. The van der Waals surface area contributed by atoms with E-state index in [2.05, 4.69) is 12.2 Å². The van der Waals surface area contributed by atoms with Gasteiger partial charge in [0, 0.05) is 5.54 Å². The lowest BCUT2D eigenvalue weighted by Crippen LogP contribution is -2.41. The molecule has 0 radical (unpaired) electrons. The maximum Gasteiger partial charge on any atom is 0.107 e. The van der Waals surface area contributed by atoms with Crippen LogP contribution in [0, 0.1) is 0 Å². The number of hydrogen-bond acceptors (Lipinski definition) is 1. The summed E-state index contributed by atoms with van der Waals surface area (Å²) in [5.41, 5.74) is -0.332. The lowest BCUT2D eigenvalue weighted by Gasteiger charge is -2.22. The highest BCUT2D eigenvalue weighted by molar-refractivity contribution is 4.75. The van der Waals surface area contributed by atoms with Crippen LogP contribution >= 0.6 is 0 Å². The van der Waals surface area contributed by atoms with E-state index < -0.39 is 0 Å². The average Bonchev–Trinajstić information content (AvgIpc) is 2.27. The molecule has 0 aliphatic carbocycles. The summed E-state index contributed by atoms with van der Waals surface area (Å²) in [6, 6.07) is 0. The van der Waals surface area contributed by atoms with E-state index >= 15 is 0 Å². The van der Waals surface area contributed by atoms with E-state index in [1.54, 1.807) is 0 Å². The van der Waals surface area contributed by atoms with Crippen molar-refractivity contribution in [1.82, 2.24) is 5.32 Å². The minimum atomic E-state index is -0.332. The Morgan fingerprint density at radius 1 is 0.875 bits per heavy atom. The van der Waals surface area contributed by atoms with Crippen molar-refractivity contribution in [3.05, 3.63) is 0 Å². The van der Waals surface area contributed by atoms with E-state index in [9.17, 15) is 4.39 Å². The van der Waals surface area contributed by atoms with Crippen LogP contribution < -0.4 is 5.32 Å². The topological polar surface area (TPSA) is 12.0 Å². The van der Waals surface area contributed by atoms with Gasteiger partial charge in [0.15, 0.2) is 0 Å². The predicted molar refractivity (Wildman–Crippen MR) is 70.7 cm³/mol. The number of alkyl halides is 1. The van der Waals surface area contributed by atoms with Crippen molar-refractivity contribution < 1.29 is 4.39 Å². The minimum absolute atomic E-state index is 0.288. The summed E-state index contributed by atoms with van der Waals surface area (Å²) in [5, 5.41) is 3.24. The Morgan fingerprint density at radius 3 is 1.88 bits per heavy atom. The van der Waals surface area contributed by atoms with Crippen molar-refractivity contribution in [2.24, 2.45) is 0 Å². The third-order valence-electron chi connectivity index (χ3n) is 2.97. The second-order valence-corrected chi connectivity index (χ2v) is 5.42. The van der Waals surface area contributed by atoms with Gasteiger partial charge in [0.1, 0.15) is 6.67 Å². The molecule has 0 aromatic rings. The lowest BCUT2D eigenvalue weighted by molar-refractivity contribution is 0.287. The highest BCUT2D eigenvalue weighted by Gasteiger charge is 2.14. The van der Waals surface area contributed by atoms with Crippen LogP contribution in [-0.2, 0) is 0 Å². The molecule has 1 N–H and O–H groups in total. The van der Waals surface area contributed by atoms with Gasteiger partial charge in [-0.25, -0.2) is 4.39 Å². The Labute approximate surface area is 101 Å². The molecule has 0 spiro atoms. The van der Waals surface area contributed by atoms with Gasteiger partial charge in [0.05, 0.1) is 0 Å². The van der Waals surface area contributed by atoms with Gasteiger partial charge in [0.2, 0.25) is 0 Å². The van der Waals surface area contributed by atoms with Crippen molar-refractivity contribution in [3.8, 4) is 0 Å².